The van der Waals surface area contributed by atoms with Crippen molar-refractivity contribution in [1.29, 1.82) is 0 Å². The lowest BCUT2D eigenvalue weighted by molar-refractivity contribution is -0.117. The number of fused-ring (bicyclic) bond motifs is 1. The third-order valence-electron chi connectivity index (χ3n) is 6.05. The lowest BCUT2D eigenvalue weighted by Crippen LogP contribution is -2.40. The summed E-state index contributed by atoms with van der Waals surface area (Å²) in [6.45, 7) is 5.46. The predicted octanol–water partition coefficient (Wildman–Crippen LogP) is 3.39. The number of anilines is 1. The molecule has 3 heterocycles. The highest BCUT2D eigenvalue weighted by molar-refractivity contribution is 5.93. The molecule has 28 heavy (non-hydrogen) atoms. The number of hydrogen-bond acceptors (Lipinski definition) is 4. The number of aromatic nitrogens is 3. The van der Waals surface area contributed by atoms with Gasteiger partial charge in [0.15, 0.2) is 0 Å². The normalized spacial score (nSPS) is 20.4. The smallest absolute Gasteiger partial charge is 0.238 e. The van der Waals surface area contributed by atoms with Crippen LogP contribution in [0.3, 0.4) is 0 Å². The number of carbonyl (C=O) groups excluding carboxylic acids is 1. The van der Waals surface area contributed by atoms with Gasteiger partial charge in [0.05, 0.1) is 6.54 Å². The van der Waals surface area contributed by atoms with Gasteiger partial charge in [0, 0.05) is 31.1 Å². The Balaban J connectivity index is 1.39. The van der Waals surface area contributed by atoms with Crippen LogP contribution in [-0.4, -0.2) is 45.2 Å². The van der Waals surface area contributed by atoms with Gasteiger partial charge in [-0.15, -0.1) is 10.2 Å². The molecule has 6 heteroatoms. The molecule has 1 N–H and O–H groups in total. The van der Waals surface area contributed by atoms with Crippen LogP contribution in [0, 0.1) is 0 Å². The Hall–Kier alpha value is -2.21. The average Bonchev–Trinajstić information content (AvgIpc) is 2.97. The van der Waals surface area contributed by atoms with Crippen LogP contribution in [0.15, 0.2) is 24.3 Å². The second-order valence-electron chi connectivity index (χ2n) is 8.07. The zero-order valence-corrected chi connectivity index (χ0v) is 16.9. The molecule has 2 aromatic rings. The maximum Gasteiger partial charge on any atom is 0.238 e. The topological polar surface area (TPSA) is 63.1 Å². The summed E-state index contributed by atoms with van der Waals surface area (Å²) in [5.74, 6) is 2.74. The van der Waals surface area contributed by atoms with Crippen molar-refractivity contribution in [2.24, 2.45) is 0 Å². The summed E-state index contributed by atoms with van der Waals surface area (Å²) < 4.78 is 2.36. The standard InChI is InChI=1S/C22H31N5O/c1-2-17-9-5-6-11-19(17)23-21(28)16-26-13-8-10-18(15-26)22-25-24-20-12-4-3-7-14-27(20)22/h5-6,9,11,18H,2-4,7-8,10,12-16H2,1H3,(H,23,28). The van der Waals surface area contributed by atoms with Crippen molar-refractivity contribution >= 4 is 11.6 Å². The number of amides is 1. The van der Waals surface area contributed by atoms with Crippen LogP contribution >= 0.6 is 0 Å². The minimum Gasteiger partial charge on any atom is -0.325 e. The fourth-order valence-electron chi connectivity index (χ4n) is 4.56. The molecular formula is C22H31N5O. The van der Waals surface area contributed by atoms with Crippen molar-refractivity contribution in [2.75, 3.05) is 25.0 Å². The van der Waals surface area contributed by atoms with Crippen molar-refractivity contribution in [3.63, 3.8) is 0 Å². The Bertz CT molecular complexity index is 815. The molecule has 1 saturated heterocycles. The number of nitrogens with one attached hydrogen (secondary N) is 1. The Kier molecular flexibility index (Phi) is 6.05. The van der Waals surface area contributed by atoms with Crippen molar-refractivity contribution < 1.29 is 4.79 Å². The minimum absolute atomic E-state index is 0.0709. The van der Waals surface area contributed by atoms with Crippen LogP contribution in [-0.2, 0) is 24.2 Å². The molecule has 1 fully saturated rings. The number of aryl methyl sites for hydroxylation is 2. The largest absolute Gasteiger partial charge is 0.325 e. The number of benzene rings is 1. The van der Waals surface area contributed by atoms with E-state index in [9.17, 15) is 4.79 Å². The quantitative estimate of drug-likeness (QED) is 0.862. The van der Waals surface area contributed by atoms with Gasteiger partial charge in [-0.1, -0.05) is 31.5 Å². The molecule has 2 aliphatic heterocycles. The van der Waals surface area contributed by atoms with Crippen molar-refractivity contribution in [3.8, 4) is 0 Å². The van der Waals surface area contributed by atoms with Gasteiger partial charge in [-0.2, -0.15) is 0 Å². The third kappa shape index (κ3) is 4.27. The molecule has 0 aliphatic carbocycles. The van der Waals surface area contributed by atoms with Gasteiger partial charge in [-0.05, 0) is 50.3 Å². The summed E-state index contributed by atoms with van der Waals surface area (Å²) >= 11 is 0. The van der Waals surface area contributed by atoms with Crippen LogP contribution in [0.4, 0.5) is 5.69 Å². The number of para-hydroxylation sites is 1. The van der Waals surface area contributed by atoms with E-state index in [0.29, 0.717) is 12.5 Å². The molecule has 0 spiro atoms. The lowest BCUT2D eigenvalue weighted by atomic mass is 9.97. The van der Waals surface area contributed by atoms with E-state index in [0.717, 1.165) is 62.7 Å². The Morgan fingerprint density at radius 1 is 1.14 bits per heavy atom. The molecule has 1 aromatic heterocycles. The molecule has 1 unspecified atom stereocenters. The number of rotatable bonds is 5. The van der Waals surface area contributed by atoms with Crippen LogP contribution in [0.1, 0.15) is 62.2 Å². The fraction of sp³-hybridized carbons (Fsp3) is 0.591. The van der Waals surface area contributed by atoms with Crippen LogP contribution in [0.5, 0.6) is 0 Å². The first-order chi connectivity index (χ1) is 13.7. The summed E-state index contributed by atoms with van der Waals surface area (Å²) in [6.07, 6.45) is 7.91. The Labute approximate surface area is 167 Å². The molecule has 1 amide bonds. The minimum atomic E-state index is 0.0709. The van der Waals surface area contributed by atoms with Crippen LogP contribution < -0.4 is 5.32 Å². The third-order valence-corrected chi connectivity index (χ3v) is 6.05. The Morgan fingerprint density at radius 3 is 2.93 bits per heavy atom. The summed E-state index contributed by atoms with van der Waals surface area (Å²) in [7, 11) is 0. The van der Waals surface area contributed by atoms with E-state index in [2.05, 4.69) is 38.0 Å². The predicted molar refractivity (Wildman–Crippen MR) is 110 cm³/mol. The summed E-state index contributed by atoms with van der Waals surface area (Å²) in [6, 6.07) is 8.05. The van der Waals surface area contributed by atoms with Gasteiger partial charge < -0.3 is 9.88 Å². The van der Waals surface area contributed by atoms with Gasteiger partial charge in [0.2, 0.25) is 5.91 Å². The van der Waals surface area contributed by atoms with E-state index in [1.54, 1.807) is 0 Å². The summed E-state index contributed by atoms with van der Waals surface area (Å²) in [4.78, 5) is 14.9. The molecule has 0 radical (unpaired) electrons. The number of hydrogen-bond donors (Lipinski definition) is 1. The number of likely N-dealkylation sites (tertiary alicyclic amines) is 1. The zero-order chi connectivity index (χ0) is 19.3. The van der Waals surface area contributed by atoms with Crippen molar-refractivity contribution in [1.82, 2.24) is 19.7 Å². The van der Waals surface area contributed by atoms with Crippen molar-refractivity contribution in [3.05, 3.63) is 41.5 Å². The zero-order valence-electron chi connectivity index (χ0n) is 16.9. The summed E-state index contributed by atoms with van der Waals surface area (Å²) in [5, 5.41) is 12.1. The second kappa shape index (κ2) is 8.86. The maximum atomic E-state index is 12.6. The average molecular weight is 382 g/mol. The first-order valence-corrected chi connectivity index (χ1v) is 10.8. The van der Waals surface area contributed by atoms with Crippen LogP contribution in [0.2, 0.25) is 0 Å². The van der Waals surface area contributed by atoms with Gasteiger partial charge >= 0.3 is 0 Å². The molecule has 150 valence electrons. The number of nitrogens with zero attached hydrogens (tertiary/aromatic N) is 4. The van der Waals surface area contributed by atoms with Gasteiger partial charge in [-0.25, -0.2) is 0 Å². The molecule has 4 rings (SSSR count). The van der Waals surface area contributed by atoms with Crippen LogP contribution in [0.25, 0.3) is 0 Å². The first-order valence-electron chi connectivity index (χ1n) is 10.8. The monoisotopic (exact) mass is 381 g/mol. The molecule has 2 aliphatic rings. The fourth-order valence-corrected chi connectivity index (χ4v) is 4.56. The molecule has 6 nitrogen and oxygen atoms in total. The highest BCUT2D eigenvalue weighted by atomic mass is 16.2. The van der Waals surface area contributed by atoms with Gasteiger partial charge in [-0.3, -0.25) is 9.69 Å². The first kappa shape index (κ1) is 19.1. The number of carbonyl (C=O) groups is 1. The van der Waals surface area contributed by atoms with E-state index < -0.39 is 0 Å². The lowest BCUT2D eigenvalue weighted by Gasteiger charge is -2.32. The molecular weight excluding hydrogens is 350 g/mol. The molecule has 1 aromatic carbocycles. The van der Waals surface area contributed by atoms with E-state index >= 15 is 0 Å². The maximum absolute atomic E-state index is 12.6. The highest BCUT2D eigenvalue weighted by Crippen LogP contribution is 2.28. The number of piperidine rings is 1. The van der Waals surface area contributed by atoms with E-state index in [1.165, 1.54) is 24.8 Å². The van der Waals surface area contributed by atoms with Gasteiger partial charge in [0.1, 0.15) is 11.6 Å². The summed E-state index contributed by atoms with van der Waals surface area (Å²) in [5.41, 5.74) is 2.12. The van der Waals surface area contributed by atoms with Crippen molar-refractivity contribution in [2.45, 2.75) is 64.3 Å². The van der Waals surface area contributed by atoms with E-state index in [4.69, 9.17) is 0 Å². The highest BCUT2D eigenvalue weighted by Gasteiger charge is 2.28. The SMILES string of the molecule is CCc1ccccc1NC(=O)CN1CCCC(c2nnc3n2CCCCC3)C1. The molecule has 0 bridgehead atoms. The second-order valence-corrected chi connectivity index (χ2v) is 8.07. The van der Waals surface area contributed by atoms with E-state index in [1.807, 2.05) is 18.2 Å². The molecule has 0 saturated carbocycles. The van der Waals surface area contributed by atoms with Gasteiger partial charge in [0.25, 0.3) is 0 Å². The van der Waals surface area contributed by atoms with E-state index in [-0.39, 0.29) is 5.91 Å². The molecule has 1 atom stereocenters. The Morgan fingerprint density at radius 2 is 2.04 bits per heavy atom.